The van der Waals surface area contributed by atoms with Crippen LogP contribution in [0, 0.1) is 5.82 Å². The molecule has 0 radical (unpaired) electrons. The predicted octanol–water partition coefficient (Wildman–Crippen LogP) is 3.93. The fourth-order valence-corrected chi connectivity index (χ4v) is 3.48. The SMILES string of the molecule is O=C(O)c1cccc(N2C(=O)/C(=C\c3ccc(F)cc3)SC2=S)c1. The van der Waals surface area contributed by atoms with Crippen molar-refractivity contribution in [1.82, 2.24) is 0 Å². The van der Waals surface area contributed by atoms with Gasteiger partial charge in [-0.2, -0.15) is 0 Å². The second-order valence-electron chi connectivity index (χ2n) is 4.92. The van der Waals surface area contributed by atoms with Gasteiger partial charge in [0.2, 0.25) is 0 Å². The van der Waals surface area contributed by atoms with Crippen LogP contribution in [0.3, 0.4) is 0 Å². The van der Waals surface area contributed by atoms with Crippen LogP contribution in [-0.2, 0) is 4.79 Å². The molecule has 24 heavy (non-hydrogen) atoms. The van der Waals surface area contributed by atoms with E-state index >= 15 is 0 Å². The van der Waals surface area contributed by atoms with Crippen molar-refractivity contribution in [3.8, 4) is 0 Å². The van der Waals surface area contributed by atoms with Crippen molar-refractivity contribution in [3.05, 3.63) is 70.4 Å². The first-order chi connectivity index (χ1) is 11.5. The molecule has 1 aliphatic rings. The Morgan fingerprint density at radius 1 is 1.21 bits per heavy atom. The fraction of sp³-hybridized carbons (Fsp3) is 0. The van der Waals surface area contributed by atoms with Crippen LogP contribution in [0.5, 0.6) is 0 Å². The summed E-state index contributed by atoms with van der Waals surface area (Å²) in [7, 11) is 0. The average molecular weight is 359 g/mol. The Labute approximate surface area is 146 Å². The predicted molar refractivity (Wildman–Crippen MR) is 95.5 cm³/mol. The number of amides is 1. The van der Waals surface area contributed by atoms with Crippen molar-refractivity contribution in [2.24, 2.45) is 0 Å². The molecule has 0 aliphatic carbocycles. The normalized spacial score (nSPS) is 16.0. The first kappa shape index (κ1) is 16.4. The maximum atomic E-state index is 13.0. The van der Waals surface area contributed by atoms with Crippen LogP contribution < -0.4 is 4.90 Å². The Balaban J connectivity index is 1.93. The third-order valence-electron chi connectivity index (χ3n) is 3.31. The Morgan fingerprint density at radius 3 is 2.58 bits per heavy atom. The minimum absolute atomic E-state index is 0.0732. The van der Waals surface area contributed by atoms with Gasteiger partial charge in [-0.25, -0.2) is 9.18 Å². The van der Waals surface area contributed by atoms with Gasteiger partial charge >= 0.3 is 5.97 Å². The van der Waals surface area contributed by atoms with Gasteiger partial charge in [0.1, 0.15) is 5.82 Å². The Morgan fingerprint density at radius 2 is 1.92 bits per heavy atom. The van der Waals surface area contributed by atoms with Crippen LogP contribution in [0.25, 0.3) is 6.08 Å². The third-order valence-corrected chi connectivity index (χ3v) is 4.61. The smallest absolute Gasteiger partial charge is 0.335 e. The fourth-order valence-electron chi connectivity index (χ4n) is 2.18. The number of nitrogens with zero attached hydrogens (tertiary/aromatic N) is 1. The summed E-state index contributed by atoms with van der Waals surface area (Å²) >= 11 is 6.36. The number of carbonyl (C=O) groups is 2. The van der Waals surface area contributed by atoms with Crippen LogP contribution >= 0.6 is 24.0 Å². The monoisotopic (exact) mass is 359 g/mol. The molecule has 0 spiro atoms. The summed E-state index contributed by atoms with van der Waals surface area (Å²) in [5.41, 5.74) is 1.15. The van der Waals surface area contributed by atoms with E-state index in [9.17, 15) is 14.0 Å². The van der Waals surface area contributed by atoms with Crippen LogP contribution in [-0.4, -0.2) is 21.3 Å². The number of benzene rings is 2. The average Bonchev–Trinajstić information content (AvgIpc) is 2.83. The molecule has 1 amide bonds. The summed E-state index contributed by atoms with van der Waals surface area (Å²) in [4.78, 5) is 25.4. The molecule has 7 heteroatoms. The van der Waals surface area contributed by atoms with E-state index < -0.39 is 5.97 Å². The number of hydrogen-bond acceptors (Lipinski definition) is 4. The summed E-state index contributed by atoms with van der Waals surface area (Å²) in [5, 5.41) is 9.07. The molecular weight excluding hydrogens is 349 g/mol. The summed E-state index contributed by atoms with van der Waals surface area (Å²) in [5.74, 6) is -1.77. The topological polar surface area (TPSA) is 57.6 Å². The van der Waals surface area contributed by atoms with E-state index in [0.29, 0.717) is 20.5 Å². The lowest BCUT2D eigenvalue weighted by molar-refractivity contribution is -0.113. The molecule has 3 rings (SSSR count). The molecule has 4 nitrogen and oxygen atoms in total. The van der Waals surface area contributed by atoms with Gasteiger partial charge in [0.15, 0.2) is 4.32 Å². The molecule has 1 N–H and O–H groups in total. The number of thioether (sulfide) groups is 1. The van der Waals surface area contributed by atoms with E-state index in [2.05, 4.69) is 0 Å². The van der Waals surface area contributed by atoms with Crippen molar-refractivity contribution < 1.29 is 19.1 Å². The van der Waals surface area contributed by atoms with Gasteiger partial charge < -0.3 is 5.11 Å². The van der Waals surface area contributed by atoms with Crippen LogP contribution in [0.15, 0.2) is 53.4 Å². The summed E-state index contributed by atoms with van der Waals surface area (Å²) in [6.45, 7) is 0. The highest BCUT2D eigenvalue weighted by molar-refractivity contribution is 8.27. The Bertz CT molecular complexity index is 878. The molecule has 0 atom stereocenters. The van der Waals surface area contributed by atoms with E-state index in [-0.39, 0.29) is 17.3 Å². The van der Waals surface area contributed by atoms with Gasteiger partial charge in [0.25, 0.3) is 5.91 Å². The maximum Gasteiger partial charge on any atom is 0.335 e. The summed E-state index contributed by atoms with van der Waals surface area (Å²) in [6.07, 6.45) is 1.62. The molecule has 120 valence electrons. The highest BCUT2D eigenvalue weighted by atomic mass is 32.2. The quantitative estimate of drug-likeness (QED) is 0.665. The van der Waals surface area contributed by atoms with Crippen molar-refractivity contribution >= 4 is 51.9 Å². The summed E-state index contributed by atoms with van der Waals surface area (Å²) < 4.78 is 13.3. The molecule has 1 saturated heterocycles. The van der Waals surface area contributed by atoms with Crippen molar-refractivity contribution in [3.63, 3.8) is 0 Å². The van der Waals surface area contributed by atoms with Crippen LogP contribution in [0.2, 0.25) is 0 Å². The van der Waals surface area contributed by atoms with Crippen molar-refractivity contribution in [1.29, 1.82) is 0 Å². The minimum Gasteiger partial charge on any atom is -0.478 e. The second-order valence-corrected chi connectivity index (χ2v) is 6.60. The van der Waals surface area contributed by atoms with Crippen molar-refractivity contribution in [2.75, 3.05) is 4.90 Å². The number of hydrogen-bond donors (Lipinski definition) is 1. The van der Waals surface area contributed by atoms with E-state index in [1.165, 1.54) is 29.2 Å². The number of anilines is 1. The van der Waals surface area contributed by atoms with Gasteiger partial charge in [-0.3, -0.25) is 9.69 Å². The molecule has 2 aromatic carbocycles. The van der Waals surface area contributed by atoms with E-state index in [1.54, 1.807) is 30.3 Å². The van der Waals surface area contributed by atoms with Crippen LogP contribution in [0.4, 0.5) is 10.1 Å². The molecule has 1 fully saturated rings. The molecule has 0 unspecified atom stereocenters. The number of carboxylic acid groups (broad SMARTS) is 1. The second kappa shape index (κ2) is 6.54. The van der Waals surface area contributed by atoms with E-state index in [0.717, 1.165) is 11.8 Å². The molecule has 2 aromatic rings. The first-order valence-electron chi connectivity index (χ1n) is 6.82. The highest BCUT2D eigenvalue weighted by Crippen LogP contribution is 2.36. The number of rotatable bonds is 3. The van der Waals surface area contributed by atoms with Gasteiger partial charge in [-0.05, 0) is 42.0 Å². The Kier molecular flexibility index (Phi) is 4.46. The number of carbonyl (C=O) groups excluding carboxylic acids is 1. The lowest BCUT2D eigenvalue weighted by atomic mass is 10.2. The Hall–Kier alpha value is -2.51. The van der Waals surface area contributed by atoms with Gasteiger partial charge in [-0.1, -0.05) is 42.2 Å². The molecule has 1 heterocycles. The highest BCUT2D eigenvalue weighted by Gasteiger charge is 2.33. The number of aromatic carboxylic acids is 1. The van der Waals surface area contributed by atoms with Crippen LogP contribution in [0.1, 0.15) is 15.9 Å². The molecule has 0 saturated carbocycles. The van der Waals surface area contributed by atoms with Gasteiger partial charge in [0.05, 0.1) is 16.2 Å². The number of halogens is 1. The largest absolute Gasteiger partial charge is 0.478 e. The van der Waals surface area contributed by atoms with Gasteiger partial charge in [0, 0.05) is 0 Å². The van der Waals surface area contributed by atoms with E-state index in [4.69, 9.17) is 17.3 Å². The first-order valence-corrected chi connectivity index (χ1v) is 8.05. The molecule has 1 aliphatic heterocycles. The van der Waals surface area contributed by atoms with E-state index in [1.807, 2.05) is 0 Å². The summed E-state index contributed by atoms with van der Waals surface area (Å²) in [6, 6.07) is 11.8. The zero-order chi connectivity index (χ0) is 17.3. The maximum absolute atomic E-state index is 13.0. The molecule has 0 aromatic heterocycles. The molecule has 0 bridgehead atoms. The minimum atomic E-state index is -1.08. The standard InChI is InChI=1S/C17H10FNO3S2/c18-12-6-4-10(5-7-12)8-14-15(20)19(17(23)24-14)13-3-1-2-11(9-13)16(21)22/h1-9H,(H,21,22)/b14-8+. The lowest BCUT2D eigenvalue weighted by Crippen LogP contribution is -2.27. The third kappa shape index (κ3) is 3.22. The number of carboxylic acids is 1. The van der Waals surface area contributed by atoms with Gasteiger partial charge in [-0.15, -0.1) is 0 Å². The molecular formula is C17H10FNO3S2. The number of thiocarbonyl (C=S) groups is 1. The zero-order valence-electron chi connectivity index (χ0n) is 12.1. The van der Waals surface area contributed by atoms with Crippen molar-refractivity contribution in [2.45, 2.75) is 0 Å². The lowest BCUT2D eigenvalue weighted by Gasteiger charge is -2.14. The zero-order valence-corrected chi connectivity index (χ0v) is 13.7.